The van der Waals surface area contributed by atoms with E-state index in [1.54, 1.807) is 0 Å². The molecule has 1 heterocycles. The fourth-order valence-corrected chi connectivity index (χ4v) is 1.53. The van der Waals surface area contributed by atoms with Gasteiger partial charge in [0.2, 0.25) is 0 Å². The SMILES string of the molecule is CCCn1nc(C)c(C#CCNC)c1C. The van der Waals surface area contributed by atoms with Crippen molar-refractivity contribution >= 4 is 0 Å². The van der Waals surface area contributed by atoms with Crippen LogP contribution in [0.5, 0.6) is 0 Å². The van der Waals surface area contributed by atoms with Crippen LogP contribution in [0.1, 0.15) is 30.3 Å². The van der Waals surface area contributed by atoms with Crippen LogP contribution >= 0.6 is 0 Å². The van der Waals surface area contributed by atoms with Gasteiger partial charge in [-0.2, -0.15) is 5.10 Å². The van der Waals surface area contributed by atoms with Crippen molar-refractivity contribution in [3.63, 3.8) is 0 Å². The zero-order valence-corrected chi connectivity index (χ0v) is 10.0. The van der Waals surface area contributed by atoms with E-state index in [0.717, 1.165) is 30.8 Å². The second-order valence-corrected chi connectivity index (χ2v) is 3.60. The molecule has 0 unspecified atom stereocenters. The smallest absolute Gasteiger partial charge is 0.0753 e. The van der Waals surface area contributed by atoms with Crippen LogP contribution in [0, 0.1) is 25.7 Å². The van der Waals surface area contributed by atoms with Gasteiger partial charge in [0.05, 0.1) is 23.5 Å². The molecule has 0 saturated heterocycles. The number of aromatic nitrogens is 2. The maximum Gasteiger partial charge on any atom is 0.0753 e. The molecule has 15 heavy (non-hydrogen) atoms. The van der Waals surface area contributed by atoms with Crippen molar-refractivity contribution in [1.29, 1.82) is 0 Å². The number of nitrogens with one attached hydrogen (secondary N) is 1. The Morgan fingerprint density at radius 1 is 1.40 bits per heavy atom. The third kappa shape index (κ3) is 2.84. The molecule has 82 valence electrons. The van der Waals surface area contributed by atoms with E-state index in [1.807, 2.05) is 18.7 Å². The molecule has 0 amide bonds. The van der Waals surface area contributed by atoms with E-state index in [4.69, 9.17) is 0 Å². The molecule has 0 bridgehead atoms. The lowest BCUT2D eigenvalue weighted by Gasteiger charge is -2.00. The maximum atomic E-state index is 4.47. The Balaban J connectivity index is 2.94. The second kappa shape index (κ2) is 5.57. The van der Waals surface area contributed by atoms with E-state index in [1.165, 1.54) is 5.69 Å². The molecule has 3 heteroatoms. The molecule has 0 aliphatic heterocycles. The van der Waals surface area contributed by atoms with Crippen molar-refractivity contribution < 1.29 is 0 Å². The van der Waals surface area contributed by atoms with Crippen molar-refractivity contribution in [3.8, 4) is 11.8 Å². The van der Waals surface area contributed by atoms with Gasteiger partial charge in [-0.3, -0.25) is 4.68 Å². The Hall–Kier alpha value is -1.27. The van der Waals surface area contributed by atoms with Gasteiger partial charge in [0.15, 0.2) is 0 Å². The zero-order valence-electron chi connectivity index (χ0n) is 10.0. The highest BCUT2D eigenvalue weighted by molar-refractivity contribution is 5.41. The Labute approximate surface area is 91.9 Å². The van der Waals surface area contributed by atoms with Crippen LogP contribution in [0.4, 0.5) is 0 Å². The second-order valence-electron chi connectivity index (χ2n) is 3.60. The Morgan fingerprint density at radius 3 is 2.73 bits per heavy atom. The average Bonchev–Trinajstić information content (AvgIpc) is 2.46. The maximum absolute atomic E-state index is 4.47. The number of nitrogens with zero attached hydrogens (tertiary/aromatic N) is 2. The predicted octanol–water partition coefficient (Wildman–Crippen LogP) is 1.48. The lowest BCUT2D eigenvalue weighted by Crippen LogP contribution is -2.04. The first-order valence-corrected chi connectivity index (χ1v) is 5.38. The third-order valence-electron chi connectivity index (χ3n) is 2.30. The van der Waals surface area contributed by atoms with Gasteiger partial charge in [-0.15, -0.1) is 0 Å². The van der Waals surface area contributed by atoms with Crippen molar-refractivity contribution in [2.45, 2.75) is 33.7 Å². The molecule has 1 aromatic heterocycles. The molecule has 0 fully saturated rings. The molecule has 0 saturated carbocycles. The fourth-order valence-electron chi connectivity index (χ4n) is 1.53. The van der Waals surface area contributed by atoms with E-state index in [-0.39, 0.29) is 0 Å². The van der Waals surface area contributed by atoms with Gasteiger partial charge >= 0.3 is 0 Å². The van der Waals surface area contributed by atoms with Crippen molar-refractivity contribution in [2.75, 3.05) is 13.6 Å². The Kier molecular flexibility index (Phi) is 4.38. The van der Waals surface area contributed by atoms with Crippen molar-refractivity contribution in [2.24, 2.45) is 0 Å². The quantitative estimate of drug-likeness (QED) is 0.758. The van der Waals surface area contributed by atoms with Crippen LogP contribution < -0.4 is 5.32 Å². The highest BCUT2D eigenvalue weighted by atomic mass is 15.3. The van der Waals surface area contributed by atoms with Gasteiger partial charge < -0.3 is 5.32 Å². The summed E-state index contributed by atoms with van der Waals surface area (Å²) in [6.07, 6.45) is 1.10. The predicted molar refractivity (Wildman–Crippen MR) is 62.8 cm³/mol. The molecule has 0 aromatic carbocycles. The van der Waals surface area contributed by atoms with Gasteiger partial charge in [0, 0.05) is 6.54 Å². The van der Waals surface area contributed by atoms with E-state index >= 15 is 0 Å². The molecular weight excluding hydrogens is 186 g/mol. The summed E-state index contributed by atoms with van der Waals surface area (Å²) in [5, 5.41) is 7.48. The topological polar surface area (TPSA) is 29.9 Å². The number of hydrogen-bond acceptors (Lipinski definition) is 2. The van der Waals surface area contributed by atoms with Gasteiger partial charge in [-0.05, 0) is 27.3 Å². The van der Waals surface area contributed by atoms with Gasteiger partial charge in [0.25, 0.3) is 0 Å². The normalized spacial score (nSPS) is 9.87. The molecule has 0 radical (unpaired) electrons. The molecule has 0 aliphatic rings. The van der Waals surface area contributed by atoms with E-state index in [9.17, 15) is 0 Å². The van der Waals surface area contributed by atoms with Crippen molar-refractivity contribution in [3.05, 3.63) is 17.0 Å². The highest BCUT2D eigenvalue weighted by Crippen LogP contribution is 2.11. The Morgan fingerprint density at radius 2 is 2.13 bits per heavy atom. The minimum absolute atomic E-state index is 0.720. The van der Waals surface area contributed by atoms with Crippen LogP contribution in [0.15, 0.2) is 0 Å². The standard InChI is InChI=1S/C12H19N3/c1-5-9-15-11(3)12(10(2)14-15)7-6-8-13-4/h13H,5,8-9H2,1-4H3. The minimum atomic E-state index is 0.720. The summed E-state index contributed by atoms with van der Waals surface area (Å²) in [5.41, 5.74) is 3.29. The van der Waals surface area contributed by atoms with Crippen LogP contribution in [0.25, 0.3) is 0 Å². The van der Waals surface area contributed by atoms with E-state index in [0.29, 0.717) is 0 Å². The molecule has 0 atom stereocenters. The van der Waals surface area contributed by atoms with Crippen molar-refractivity contribution in [1.82, 2.24) is 15.1 Å². The summed E-state index contributed by atoms with van der Waals surface area (Å²) < 4.78 is 2.04. The van der Waals surface area contributed by atoms with E-state index < -0.39 is 0 Å². The summed E-state index contributed by atoms with van der Waals surface area (Å²) >= 11 is 0. The molecule has 1 N–H and O–H groups in total. The van der Waals surface area contributed by atoms with E-state index in [2.05, 4.69) is 36.1 Å². The first kappa shape index (κ1) is 11.8. The largest absolute Gasteiger partial charge is 0.309 e. The average molecular weight is 205 g/mol. The van der Waals surface area contributed by atoms with Gasteiger partial charge in [0.1, 0.15) is 0 Å². The summed E-state index contributed by atoms with van der Waals surface area (Å²) in [6, 6.07) is 0. The number of hydrogen-bond donors (Lipinski definition) is 1. The molecule has 1 rings (SSSR count). The molecular formula is C12H19N3. The number of aryl methyl sites for hydroxylation is 2. The summed E-state index contributed by atoms with van der Waals surface area (Å²) in [5.74, 6) is 6.24. The zero-order chi connectivity index (χ0) is 11.3. The Bertz CT molecular complexity index is 380. The first-order chi connectivity index (χ1) is 7.20. The molecule has 0 spiro atoms. The lowest BCUT2D eigenvalue weighted by molar-refractivity contribution is 0.583. The summed E-state index contributed by atoms with van der Waals surface area (Å²) in [6.45, 7) is 7.95. The van der Waals surface area contributed by atoms with Crippen LogP contribution in [-0.4, -0.2) is 23.4 Å². The van der Waals surface area contributed by atoms with Gasteiger partial charge in [-0.25, -0.2) is 0 Å². The third-order valence-corrected chi connectivity index (χ3v) is 2.30. The molecule has 3 nitrogen and oxygen atoms in total. The summed E-state index contributed by atoms with van der Waals surface area (Å²) in [4.78, 5) is 0. The van der Waals surface area contributed by atoms with Crippen LogP contribution in [0.3, 0.4) is 0 Å². The summed E-state index contributed by atoms with van der Waals surface area (Å²) in [7, 11) is 1.90. The van der Waals surface area contributed by atoms with Crippen LogP contribution in [0.2, 0.25) is 0 Å². The molecule has 0 aliphatic carbocycles. The van der Waals surface area contributed by atoms with Gasteiger partial charge in [-0.1, -0.05) is 18.8 Å². The fraction of sp³-hybridized carbons (Fsp3) is 0.583. The first-order valence-electron chi connectivity index (χ1n) is 5.38. The number of rotatable bonds is 3. The molecule has 1 aromatic rings. The van der Waals surface area contributed by atoms with Crippen LogP contribution in [-0.2, 0) is 6.54 Å². The minimum Gasteiger partial charge on any atom is -0.309 e. The lowest BCUT2D eigenvalue weighted by atomic mass is 10.2. The highest BCUT2D eigenvalue weighted by Gasteiger charge is 2.07. The monoisotopic (exact) mass is 205 g/mol.